The Balaban J connectivity index is 1.54. The molecule has 0 bridgehead atoms. The van der Waals surface area contributed by atoms with Crippen LogP contribution in [0.25, 0.3) is 6.08 Å². The van der Waals surface area contributed by atoms with Gasteiger partial charge in [0.25, 0.3) is 11.2 Å². The monoisotopic (exact) mass is 613 g/mol. The van der Waals surface area contributed by atoms with E-state index in [1.807, 2.05) is 56.3 Å². The molecular formula is C33H31N3O7S. The maximum absolute atomic E-state index is 14.0. The summed E-state index contributed by atoms with van der Waals surface area (Å²) in [6.45, 7) is 7.73. The topological polar surface area (TPSA) is 122 Å². The number of carbonyl (C=O) groups excluding carboxylic acids is 1. The highest BCUT2D eigenvalue weighted by Gasteiger charge is 2.33. The van der Waals surface area contributed by atoms with Gasteiger partial charge in [0.15, 0.2) is 4.80 Å². The fourth-order valence-corrected chi connectivity index (χ4v) is 5.89. The van der Waals surface area contributed by atoms with Crippen molar-refractivity contribution in [2.45, 2.75) is 46.4 Å². The number of rotatable bonds is 10. The highest BCUT2D eigenvalue weighted by Crippen LogP contribution is 2.32. The zero-order valence-electron chi connectivity index (χ0n) is 24.7. The third-order valence-corrected chi connectivity index (χ3v) is 7.81. The molecule has 0 radical (unpaired) electrons. The molecule has 1 aliphatic heterocycles. The molecule has 11 heteroatoms. The van der Waals surface area contributed by atoms with Crippen molar-refractivity contribution in [2.24, 2.45) is 4.99 Å². The van der Waals surface area contributed by atoms with Crippen LogP contribution in [0.4, 0.5) is 5.69 Å². The number of thiazole rings is 1. The molecule has 0 spiro atoms. The van der Waals surface area contributed by atoms with Crippen molar-refractivity contribution in [3.8, 4) is 11.5 Å². The van der Waals surface area contributed by atoms with Gasteiger partial charge >= 0.3 is 5.97 Å². The lowest BCUT2D eigenvalue weighted by Gasteiger charge is -2.25. The summed E-state index contributed by atoms with van der Waals surface area (Å²) in [6.07, 6.45) is 1.74. The Morgan fingerprint density at radius 1 is 1.09 bits per heavy atom. The van der Waals surface area contributed by atoms with Crippen LogP contribution in [-0.4, -0.2) is 28.2 Å². The minimum atomic E-state index is -0.741. The van der Waals surface area contributed by atoms with Gasteiger partial charge in [-0.15, -0.1) is 0 Å². The summed E-state index contributed by atoms with van der Waals surface area (Å²) in [4.78, 5) is 42.8. The number of nitrogens with zero attached hydrogens (tertiary/aromatic N) is 3. The van der Waals surface area contributed by atoms with E-state index in [1.54, 1.807) is 38.1 Å². The Bertz CT molecular complexity index is 1910. The smallest absolute Gasteiger partial charge is 0.338 e. The number of non-ortho nitro benzene ring substituents is 1. The van der Waals surface area contributed by atoms with Crippen LogP contribution in [-0.2, 0) is 16.1 Å². The van der Waals surface area contributed by atoms with E-state index in [0.29, 0.717) is 37.7 Å². The zero-order chi connectivity index (χ0) is 31.4. The fourth-order valence-electron chi connectivity index (χ4n) is 4.86. The molecule has 2 heterocycles. The Morgan fingerprint density at radius 3 is 2.45 bits per heavy atom. The second-order valence-corrected chi connectivity index (χ2v) is 11.3. The number of hydrogen-bond acceptors (Lipinski definition) is 9. The number of aromatic nitrogens is 1. The van der Waals surface area contributed by atoms with Gasteiger partial charge in [-0.25, -0.2) is 9.79 Å². The molecule has 0 amide bonds. The maximum atomic E-state index is 14.0. The maximum Gasteiger partial charge on any atom is 0.338 e. The number of nitro groups is 1. The van der Waals surface area contributed by atoms with Crippen LogP contribution in [0, 0.1) is 10.1 Å². The molecule has 1 aromatic heterocycles. The van der Waals surface area contributed by atoms with Crippen LogP contribution in [0.15, 0.2) is 93.9 Å². The highest BCUT2D eigenvalue weighted by atomic mass is 32.1. The summed E-state index contributed by atoms with van der Waals surface area (Å²) in [5.41, 5.74) is 2.64. The summed E-state index contributed by atoms with van der Waals surface area (Å²) in [5, 5.41) is 11.0. The Morgan fingerprint density at radius 2 is 1.80 bits per heavy atom. The van der Waals surface area contributed by atoms with Gasteiger partial charge in [-0.1, -0.05) is 41.7 Å². The summed E-state index contributed by atoms with van der Waals surface area (Å²) in [6, 6.07) is 20.0. The average Bonchev–Trinajstić information content (AvgIpc) is 3.30. The minimum absolute atomic E-state index is 0.00301. The number of nitro benzene ring substituents is 1. The minimum Gasteiger partial charge on any atom is -0.491 e. The van der Waals surface area contributed by atoms with Gasteiger partial charge in [0.2, 0.25) is 0 Å². The summed E-state index contributed by atoms with van der Waals surface area (Å²) >= 11 is 1.22. The molecule has 0 saturated carbocycles. The molecule has 0 unspecified atom stereocenters. The molecule has 10 nitrogen and oxygen atoms in total. The first kappa shape index (κ1) is 30.4. The average molecular weight is 614 g/mol. The molecule has 0 saturated heterocycles. The van der Waals surface area contributed by atoms with Crippen LogP contribution >= 0.6 is 11.3 Å². The van der Waals surface area contributed by atoms with Gasteiger partial charge < -0.3 is 14.2 Å². The van der Waals surface area contributed by atoms with Crippen LogP contribution in [0.3, 0.4) is 0 Å². The van der Waals surface area contributed by atoms with Crippen molar-refractivity contribution in [1.82, 2.24) is 4.57 Å². The lowest BCUT2D eigenvalue weighted by atomic mass is 9.96. The van der Waals surface area contributed by atoms with Gasteiger partial charge in [0, 0.05) is 17.7 Å². The quantitative estimate of drug-likeness (QED) is 0.139. The highest BCUT2D eigenvalue weighted by molar-refractivity contribution is 7.07. The molecule has 226 valence electrons. The molecule has 0 fully saturated rings. The number of ether oxygens (including phenoxy) is 3. The Kier molecular flexibility index (Phi) is 9.05. The van der Waals surface area contributed by atoms with E-state index >= 15 is 0 Å². The van der Waals surface area contributed by atoms with Gasteiger partial charge in [-0.2, -0.15) is 0 Å². The first-order chi connectivity index (χ1) is 21.2. The lowest BCUT2D eigenvalue weighted by Crippen LogP contribution is -2.39. The molecule has 1 aliphatic rings. The van der Waals surface area contributed by atoms with E-state index in [9.17, 15) is 19.7 Å². The number of fused-ring (bicyclic) bond motifs is 1. The van der Waals surface area contributed by atoms with Crippen molar-refractivity contribution >= 4 is 29.1 Å². The molecule has 0 N–H and O–H groups in total. The second kappa shape index (κ2) is 13.1. The SMILES string of the molecule is CCOC(=O)C1=C(C)N=c2s/c(=C/c3ccccc3OCc3ccc([N+](=O)[O-])cc3)c(=O)n2[C@H]1c1ccc(OC(C)C)cc1. The third kappa shape index (κ3) is 6.47. The van der Waals surface area contributed by atoms with E-state index in [-0.39, 0.29) is 30.6 Å². The van der Waals surface area contributed by atoms with E-state index in [1.165, 1.54) is 28.0 Å². The molecule has 4 aromatic rings. The molecule has 5 rings (SSSR count). The van der Waals surface area contributed by atoms with Gasteiger partial charge in [-0.05, 0) is 75.2 Å². The van der Waals surface area contributed by atoms with E-state index in [2.05, 4.69) is 4.99 Å². The predicted octanol–water partition coefficient (Wildman–Crippen LogP) is 5.07. The third-order valence-electron chi connectivity index (χ3n) is 6.83. The number of benzene rings is 3. The zero-order valence-corrected chi connectivity index (χ0v) is 25.5. The van der Waals surface area contributed by atoms with Gasteiger partial charge in [0.05, 0.1) is 39.5 Å². The fraction of sp³-hybridized carbons (Fsp3) is 0.242. The van der Waals surface area contributed by atoms with Crippen molar-refractivity contribution in [3.63, 3.8) is 0 Å². The summed E-state index contributed by atoms with van der Waals surface area (Å²) in [7, 11) is 0. The number of para-hydroxylation sites is 1. The van der Waals surface area contributed by atoms with Gasteiger partial charge in [0.1, 0.15) is 18.1 Å². The van der Waals surface area contributed by atoms with Crippen LogP contribution in [0.1, 0.15) is 50.4 Å². The van der Waals surface area contributed by atoms with Crippen LogP contribution < -0.4 is 24.4 Å². The van der Waals surface area contributed by atoms with Gasteiger partial charge in [-0.3, -0.25) is 19.5 Å². The largest absolute Gasteiger partial charge is 0.491 e. The van der Waals surface area contributed by atoms with E-state index < -0.39 is 16.9 Å². The molecular weight excluding hydrogens is 582 g/mol. The standard InChI is InChI=1S/C33H31N3O7S/c1-5-41-32(38)29-21(4)34-33-35(30(29)23-12-16-26(17-13-23)43-20(2)3)31(37)28(44-33)18-24-8-6-7-9-27(24)42-19-22-10-14-25(15-11-22)36(39)40/h6-18,20,30H,5,19H2,1-4H3/b28-18+/t30-/m0/s1. The molecule has 44 heavy (non-hydrogen) atoms. The van der Waals surface area contributed by atoms with E-state index in [4.69, 9.17) is 14.2 Å². The number of allylic oxidation sites excluding steroid dienone is 1. The first-order valence-corrected chi connectivity index (χ1v) is 14.9. The Labute approximate surface area is 257 Å². The number of carbonyl (C=O) groups is 1. The predicted molar refractivity (Wildman–Crippen MR) is 166 cm³/mol. The molecule has 1 atom stereocenters. The van der Waals surface area contributed by atoms with Crippen molar-refractivity contribution in [1.29, 1.82) is 0 Å². The Hall–Kier alpha value is -5.03. The van der Waals surface area contributed by atoms with E-state index in [0.717, 1.165) is 11.1 Å². The molecule has 3 aromatic carbocycles. The first-order valence-electron chi connectivity index (χ1n) is 14.1. The number of esters is 1. The number of hydrogen-bond donors (Lipinski definition) is 0. The summed E-state index contributed by atoms with van der Waals surface area (Å²) < 4.78 is 19.2. The normalized spacial score (nSPS) is 14.7. The summed E-state index contributed by atoms with van der Waals surface area (Å²) in [5.74, 6) is 0.692. The molecule has 0 aliphatic carbocycles. The van der Waals surface area contributed by atoms with Crippen molar-refractivity contribution < 1.29 is 23.9 Å². The van der Waals surface area contributed by atoms with Crippen molar-refractivity contribution in [3.05, 3.63) is 131 Å². The van der Waals surface area contributed by atoms with Crippen LogP contribution in [0.5, 0.6) is 11.5 Å². The second-order valence-electron chi connectivity index (χ2n) is 10.3. The van der Waals surface area contributed by atoms with Crippen molar-refractivity contribution in [2.75, 3.05) is 6.61 Å². The van der Waals surface area contributed by atoms with Crippen LogP contribution in [0.2, 0.25) is 0 Å². The lowest BCUT2D eigenvalue weighted by molar-refractivity contribution is -0.384.